The number of nitrogens with zero attached hydrogens (tertiary/aromatic N) is 3. The third kappa shape index (κ3) is 4.19. The first kappa shape index (κ1) is 18.7. The van der Waals surface area contributed by atoms with Gasteiger partial charge in [0.2, 0.25) is 0 Å². The van der Waals surface area contributed by atoms with Crippen LogP contribution in [0.2, 0.25) is 0 Å². The summed E-state index contributed by atoms with van der Waals surface area (Å²) in [6, 6.07) is 10.8. The monoisotopic (exact) mass is 398 g/mol. The Morgan fingerprint density at radius 1 is 1.07 bits per heavy atom. The summed E-state index contributed by atoms with van der Waals surface area (Å²) in [5.74, 6) is -0.443. The zero-order chi connectivity index (χ0) is 19.7. The number of alkyl halides is 3. The average molecular weight is 398 g/mol. The Morgan fingerprint density at radius 3 is 2.41 bits per heavy atom. The first-order chi connectivity index (χ1) is 12.7. The molecular formula is C16H13F3N4O3S. The fourth-order valence-corrected chi connectivity index (χ4v) is 3.58. The molecule has 0 aliphatic carbocycles. The summed E-state index contributed by atoms with van der Waals surface area (Å²) >= 11 is 0. The van der Waals surface area contributed by atoms with Crippen molar-refractivity contribution in [2.45, 2.75) is 11.3 Å². The Balaban J connectivity index is 2.02. The topological polar surface area (TPSA) is 86.1 Å². The van der Waals surface area contributed by atoms with Gasteiger partial charge in [-0.05, 0) is 24.3 Å². The molecule has 11 heteroatoms. The third-order valence-electron chi connectivity index (χ3n) is 3.49. The lowest BCUT2D eigenvalue weighted by Crippen LogP contribution is -2.21. The van der Waals surface area contributed by atoms with Crippen LogP contribution in [0.4, 0.5) is 18.9 Å². The van der Waals surface area contributed by atoms with E-state index < -0.39 is 27.0 Å². The van der Waals surface area contributed by atoms with Gasteiger partial charge in [0.15, 0.2) is 5.82 Å². The van der Waals surface area contributed by atoms with E-state index in [1.807, 2.05) is 0 Å². The molecule has 0 atom stereocenters. The fourth-order valence-electron chi connectivity index (χ4n) is 2.38. The highest BCUT2D eigenvalue weighted by Crippen LogP contribution is 2.32. The van der Waals surface area contributed by atoms with Gasteiger partial charge in [-0.1, -0.05) is 24.3 Å². The molecule has 0 radical (unpaired) electrons. The molecular weight excluding hydrogens is 385 g/mol. The van der Waals surface area contributed by atoms with E-state index in [2.05, 4.69) is 19.7 Å². The van der Waals surface area contributed by atoms with Gasteiger partial charge in [-0.15, -0.1) is 23.4 Å². The van der Waals surface area contributed by atoms with Crippen LogP contribution < -0.4 is 9.46 Å². The van der Waals surface area contributed by atoms with Crippen molar-refractivity contribution < 1.29 is 26.3 Å². The lowest BCUT2D eigenvalue weighted by atomic mass is 10.2. The first-order valence-electron chi connectivity index (χ1n) is 7.48. The first-order valence-corrected chi connectivity index (χ1v) is 8.97. The molecule has 0 fully saturated rings. The van der Waals surface area contributed by atoms with E-state index in [4.69, 9.17) is 0 Å². The number of rotatable bonds is 5. The number of anilines is 1. The lowest BCUT2D eigenvalue weighted by molar-refractivity contribution is -0.275. The Kier molecular flexibility index (Phi) is 4.79. The molecule has 1 heterocycles. The van der Waals surface area contributed by atoms with E-state index in [9.17, 15) is 21.6 Å². The van der Waals surface area contributed by atoms with Crippen molar-refractivity contribution in [1.29, 1.82) is 0 Å². The second kappa shape index (κ2) is 6.91. The van der Waals surface area contributed by atoms with Crippen LogP contribution >= 0.6 is 0 Å². The summed E-state index contributed by atoms with van der Waals surface area (Å²) in [7, 11) is -2.70. The van der Waals surface area contributed by atoms with Crippen LogP contribution in [0.15, 0.2) is 59.8 Å². The van der Waals surface area contributed by atoms with Crippen LogP contribution in [-0.4, -0.2) is 29.5 Å². The van der Waals surface area contributed by atoms with E-state index in [0.29, 0.717) is 11.4 Å². The molecule has 0 bridgehead atoms. The normalized spacial score (nSPS) is 12.0. The highest BCUT2D eigenvalue weighted by atomic mass is 32.2. The summed E-state index contributed by atoms with van der Waals surface area (Å²) in [6.45, 7) is 0. The van der Waals surface area contributed by atoms with E-state index >= 15 is 0 Å². The average Bonchev–Trinajstić information content (AvgIpc) is 3.00. The highest BCUT2D eigenvalue weighted by Gasteiger charge is 2.34. The SMILES string of the molecule is Cn1cnnc1-c1ccccc1NS(=O)(=O)c1ccccc1OC(F)(F)F. The van der Waals surface area contributed by atoms with Gasteiger partial charge in [-0.2, -0.15) is 0 Å². The van der Waals surface area contributed by atoms with Crippen LogP contribution in [0.3, 0.4) is 0 Å². The molecule has 1 N–H and O–H groups in total. The van der Waals surface area contributed by atoms with Gasteiger partial charge >= 0.3 is 6.36 Å². The number of benzene rings is 2. The van der Waals surface area contributed by atoms with Gasteiger partial charge in [0.25, 0.3) is 10.0 Å². The molecule has 27 heavy (non-hydrogen) atoms. The largest absolute Gasteiger partial charge is 0.573 e. The van der Waals surface area contributed by atoms with Crippen molar-refractivity contribution >= 4 is 15.7 Å². The quantitative estimate of drug-likeness (QED) is 0.713. The van der Waals surface area contributed by atoms with Gasteiger partial charge in [0.1, 0.15) is 17.0 Å². The van der Waals surface area contributed by atoms with Crippen LogP contribution in [0.1, 0.15) is 0 Å². The minimum Gasteiger partial charge on any atom is -0.404 e. The summed E-state index contributed by atoms with van der Waals surface area (Å²) in [5.41, 5.74) is 0.547. The number of aryl methyl sites for hydroxylation is 1. The van der Waals surface area contributed by atoms with Gasteiger partial charge in [0.05, 0.1) is 5.69 Å². The molecule has 0 saturated heterocycles. The van der Waals surface area contributed by atoms with Crippen molar-refractivity contribution in [2.75, 3.05) is 4.72 Å². The summed E-state index contributed by atoms with van der Waals surface area (Å²) in [4.78, 5) is -0.643. The molecule has 142 valence electrons. The molecule has 0 unspecified atom stereocenters. The second-order valence-corrected chi connectivity index (χ2v) is 7.06. The fraction of sp³-hybridized carbons (Fsp3) is 0.125. The van der Waals surface area contributed by atoms with Gasteiger partial charge < -0.3 is 9.30 Å². The number of ether oxygens (including phenoxy) is 1. The Hall–Kier alpha value is -3.08. The number of halogens is 3. The predicted molar refractivity (Wildman–Crippen MR) is 90.4 cm³/mol. The molecule has 1 aromatic heterocycles. The lowest BCUT2D eigenvalue weighted by Gasteiger charge is -2.15. The standard InChI is InChI=1S/C16H13F3N4O3S/c1-23-10-20-21-15(23)11-6-2-3-7-12(11)22-27(24,25)14-9-5-4-8-13(14)26-16(17,18)19/h2-10,22H,1H3. The van der Waals surface area contributed by atoms with Crippen molar-refractivity contribution in [2.24, 2.45) is 7.05 Å². The predicted octanol–water partition coefficient (Wildman–Crippen LogP) is 3.18. The molecule has 3 rings (SSSR count). The van der Waals surface area contributed by atoms with Crippen LogP contribution in [0, 0.1) is 0 Å². The maximum absolute atomic E-state index is 12.7. The number of nitrogens with one attached hydrogen (secondary N) is 1. The summed E-state index contributed by atoms with van der Waals surface area (Å²) < 4.78 is 70.9. The number of sulfonamides is 1. The van der Waals surface area contributed by atoms with E-state index in [-0.39, 0.29) is 5.69 Å². The van der Waals surface area contributed by atoms with Gasteiger partial charge in [-0.3, -0.25) is 4.72 Å². The van der Waals surface area contributed by atoms with E-state index in [1.165, 1.54) is 24.5 Å². The minimum absolute atomic E-state index is 0.135. The summed E-state index contributed by atoms with van der Waals surface area (Å²) in [6.07, 6.45) is -3.59. The number of hydrogen-bond acceptors (Lipinski definition) is 5. The van der Waals surface area contributed by atoms with Crippen molar-refractivity contribution in [1.82, 2.24) is 14.8 Å². The van der Waals surface area contributed by atoms with Gasteiger partial charge in [0, 0.05) is 12.6 Å². The molecule has 0 saturated carbocycles. The second-order valence-electron chi connectivity index (χ2n) is 5.41. The summed E-state index contributed by atoms with van der Waals surface area (Å²) in [5, 5.41) is 7.66. The maximum atomic E-state index is 12.7. The molecule has 3 aromatic rings. The third-order valence-corrected chi connectivity index (χ3v) is 4.89. The maximum Gasteiger partial charge on any atom is 0.573 e. The Labute approximate surface area is 152 Å². The minimum atomic E-state index is -5.03. The number of para-hydroxylation sites is 2. The zero-order valence-corrected chi connectivity index (χ0v) is 14.6. The molecule has 2 aromatic carbocycles. The Morgan fingerprint density at radius 2 is 1.74 bits per heavy atom. The molecule has 0 aliphatic heterocycles. The van der Waals surface area contributed by atoms with Crippen LogP contribution in [-0.2, 0) is 17.1 Å². The van der Waals surface area contributed by atoms with Crippen LogP contribution in [0.25, 0.3) is 11.4 Å². The smallest absolute Gasteiger partial charge is 0.404 e. The molecule has 0 amide bonds. The number of hydrogen-bond donors (Lipinski definition) is 1. The van der Waals surface area contributed by atoms with Gasteiger partial charge in [-0.25, -0.2) is 8.42 Å². The highest BCUT2D eigenvalue weighted by molar-refractivity contribution is 7.92. The molecule has 7 nitrogen and oxygen atoms in total. The zero-order valence-electron chi connectivity index (χ0n) is 13.8. The molecule has 0 aliphatic rings. The van der Waals surface area contributed by atoms with E-state index in [1.54, 1.807) is 29.8 Å². The van der Waals surface area contributed by atoms with Crippen molar-refractivity contribution in [3.63, 3.8) is 0 Å². The van der Waals surface area contributed by atoms with E-state index in [0.717, 1.165) is 12.1 Å². The number of aromatic nitrogens is 3. The van der Waals surface area contributed by atoms with Crippen molar-refractivity contribution in [3.8, 4) is 17.1 Å². The Bertz CT molecular complexity index is 1060. The van der Waals surface area contributed by atoms with Crippen LogP contribution in [0.5, 0.6) is 5.75 Å². The van der Waals surface area contributed by atoms with Crippen molar-refractivity contribution in [3.05, 3.63) is 54.9 Å². The molecule has 0 spiro atoms.